The van der Waals surface area contributed by atoms with E-state index in [1.54, 1.807) is 31.3 Å². The predicted molar refractivity (Wildman–Crippen MR) is 88.8 cm³/mol. The van der Waals surface area contributed by atoms with Crippen LogP contribution in [-0.2, 0) is 9.59 Å². The molecule has 112 valence electrons. The van der Waals surface area contributed by atoms with Crippen LogP contribution in [0.1, 0.15) is 0 Å². The molecule has 0 bridgehead atoms. The number of nitrogens with zero attached hydrogens (tertiary/aromatic N) is 1. The fraction of sp³-hybridized carbons (Fsp3) is 0.0588. The van der Waals surface area contributed by atoms with E-state index >= 15 is 0 Å². The molecule has 0 N–H and O–H groups in total. The van der Waals surface area contributed by atoms with Gasteiger partial charge in [-0.05, 0) is 36.4 Å². The Morgan fingerprint density at radius 1 is 1.00 bits per heavy atom. The number of anilines is 1. The van der Waals surface area contributed by atoms with E-state index in [9.17, 15) is 9.59 Å². The molecule has 0 radical (unpaired) electrons. The maximum atomic E-state index is 12.0. The summed E-state index contributed by atoms with van der Waals surface area (Å²) < 4.78 is 5.98. The van der Waals surface area contributed by atoms with Crippen molar-refractivity contribution in [2.24, 2.45) is 0 Å². The van der Waals surface area contributed by atoms with E-state index in [1.807, 2.05) is 30.3 Å². The molecule has 5 heteroatoms. The zero-order valence-electron chi connectivity index (χ0n) is 11.9. The van der Waals surface area contributed by atoms with Crippen molar-refractivity contribution in [3.63, 3.8) is 0 Å². The standard InChI is InChI=1S/C17H14BrNO3/c1-19(14-5-3-2-4-6-14)16(20)11-12-17(21)22-15-9-7-13(18)8-10-15/h2-12H,1H3/b12-11+. The minimum atomic E-state index is -0.600. The van der Waals surface area contributed by atoms with Crippen LogP contribution in [0, 0.1) is 0 Å². The maximum Gasteiger partial charge on any atom is 0.336 e. The molecule has 0 unspecified atom stereocenters. The van der Waals surface area contributed by atoms with Crippen LogP contribution in [0.3, 0.4) is 0 Å². The van der Waals surface area contributed by atoms with Crippen molar-refractivity contribution in [2.75, 3.05) is 11.9 Å². The van der Waals surface area contributed by atoms with Gasteiger partial charge in [0.15, 0.2) is 0 Å². The van der Waals surface area contributed by atoms with Gasteiger partial charge in [-0.25, -0.2) is 4.79 Å². The van der Waals surface area contributed by atoms with Crippen LogP contribution in [-0.4, -0.2) is 18.9 Å². The number of esters is 1. The average Bonchev–Trinajstić information content (AvgIpc) is 2.55. The van der Waals surface area contributed by atoms with Gasteiger partial charge in [-0.1, -0.05) is 34.1 Å². The van der Waals surface area contributed by atoms with Gasteiger partial charge in [0.2, 0.25) is 0 Å². The van der Waals surface area contributed by atoms with E-state index in [4.69, 9.17) is 4.74 Å². The lowest BCUT2D eigenvalue weighted by molar-refractivity contribution is -0.129. The number of hydrogen-bond donors (Lipinski definition) is 0. The van der Waals surface area contributed by atoms with Gasteiger partial charge in [0, 0.05) is 29.4 Å². The highest BCUT2D eigenvalue weighted by atomic mass is 79.9. The van der Waals surface area contributed by atoms with Crippen LogP contribution in [0.5, 0.6) is 5.75 Å². The summed E-state index contributed by atoms with van der Waals surface area (Å²) in [5, 5.41) is 0. The second-order valence-electron chi connectivity index (χ2n) is 4.44. The van der Waals surface area contributed by atoms with Crippen molar-refractivity contribution in [1.29, 1.82) is 0 Å². The summed E-state index contributed by atoms with van der Waals surface area (Å²) in [4.78, 5) is 25.1. The number of carbonyl (C=O) groups excluding carboxylic acids is 2. The summed E-state index contributed by atoms with van der Waals surface area (Å²) in [6.45, 7) is 0. The van der Waals surface area contributed by atoms with Crippen LogP contribution < -0.4 is 9.64 Å². The molecule has 0 saturated heterocycles. The number of carbonyl (C=O) groups is 2. The molecule has 2 rings (SSSR count). The lowest BCUT2D eigenvalue weighted by atomic mass is 10.3. The van der Waals surface area contributed by atoms with Gasteiger partial charge >= 0.3 is 5.97 Å². The highest BCUT2D eigenvalue weighted by Crippen LogP contribution is 2.16. The molecule has 0 aromatic heterocycles. The van der Waals surface area contributed by atoms with Gasteiger partial charge < -0.3 is 9.64 Å². The molecule has 2 aromatic rings. The second-order valence-corrected chi connectivity index (χ2v) is 5.36. The van der Waals surface area contributed by atoms with Crippen molar-refractivity contribution in [3.05, 3.63) is 71.2 Å². The molecule has 0 fully saturated rings. The summed E-state index contributed by atoms with van der Waals surface area (Å²) >= 11 is 3.29. The molecule has 22 heavy (non-hydrogen) atoms. The summed E-state index contributed by atoms with van der Waals surface area (Å²) in [6.07, 6.45) is 2.30. The van der Waals surface area contributed by atoms with Crippen LogP contribution in [0.4, 0.5) is 5.69 Å². The quantitative estimate of drug-likeness (QED) is 0.476. The largest absolute Gasteiger partial charge is 0.423 e. The van der Waals surface area contributed by atoms with E-state index in [0.717, 1.165) is 16.2 Å². The number of para-hydroxylation sites is 1. The molecular weight excluding hydrogens is 346 g/mol. The molecule has 0 atom stereocenters. The Morgan fingerprint density at radius 3 is 2.27 bits per heavy atom. The Kier molecular flexibility index (Phi) is 5.49. The lowest BCUT2D eigenvalue weighted by Gasteiger charge is -2.14. The van der Waals surface area contributed by atoms with E-state index in [0.29, 0.717) is 5.75 Å². The van der Waals surface area contributed by atoms with Crippen LogP contribution in [0.25, 0.3) is 0 Å². The van der Waals surface area contributed by atoms with E-state index < -0.39 is 5.97 Å². The first kappa shape index (κ1) is 16.0. The van der Waals surface area contributed by atoms with Crippen molar-refractivity contribution < 1.29 is 14.3 Å². The number of hydrogen-bond acceptors (Lipinski definition) is 3. The Bertz CT molecular complexity index is 681. The third-order valence-corrected chi connectivity index (χ3v) is 3.40. The summed E-state index contributed by atoms with van der Waals surface area (Å²) in [5.41, 5.74) is 0.749. The summed E-state index contributed by atoms with van der Waals surface area (Å²) in [6, 6.07) is 16.0. The Morgan fingerprint density at radius 2 is 1.64 bits per heavy atom. The maximum absolute atomic E-state index is 12.0. The normalized spacial score (nSPS) is 10.5. The van der Waals surface area contributed by atoms with Gasteiger partial charge in [-0.3, -0.25) is 4.79 Å². The van der Waals surface area contributed by atoms with E-state index in [2.05, 4.69) is 15.9 Å². The van der Waals surface area contributed by atoms with Gasteiger partial charge in [0.25, 0.3) is 5.91 Å². The fourth-order valence-corrected chi connectivity index (χ4v) is 1.95. The smallest absolute Gasteiger partial charge is 0.336 e. The van der Waals surface area contributed by atoms with Gasteiger partial charge in [-0.15, -0.1) is 0 Å². The molecular formula is C17H14BrNO3. The average molecular weight is 360 g/mol. The highest BCUT2D eigenvalue weighted by Gasteiger charge is 2.08. The Labute approximate surface area is 137 Å². The SMILES string of the molecule is CN(C(=O)/C=C/C(=O)Oc1ccc(Br)cc1)c1ccccc1. The molecule has 0 aliphatic heterocycles. The number of amides is 1. The van der Waals surface area contributed by atoms with Crippen molar-refractivity contribution >= 4 is 33.5 Å². The molecule has 0 aliphatic carbocycles. The minimum absolute atomic E-state index is 0.307. The number of halogens is 1. The van der Waals surface area contributed by atoms with E-state index in [1.165, 1.54) is 11.0 Å². The first-order valence-electron chi connectivity index (χ1n) is 6.54. The molecule has 0 spiro atoms. The van der Waals surface area contributed by atoms with Gasteiger partial charge in [-0.2, -0.15) is 0 Å². The topological polar surface area (TPSA) is 46.6 Å². The van der Waals surface area contributed by atoms with Crippen molar-refractivity contribution in [1.82, 2.24) is 0 Å². The second kappa shape index (κ2) is 7.56. The number of ether oxygens (including phenoxy) is 1. The third-order valence-electron chi connectivity index (χ3n) is 2.87. The summed E-state index contributed by atoms with van der Waals surface area (Å²) in [5.74, 6) is -0.488. The number of likely N-dealkylation sites (N-methyl/N-ethyl adjacent to an activating group) is 1. The van der Waals surface area contributed by atoms with Gasteiger partial charge in [0.1, 0.15) is 5.75 Å². The van der Waals surface area contributed by atoms with Crippen LogP contribution in [0.15, 0.2) is 71.2 Å². The van der Waals surface area contributed by atoms with Crippen LogP contribution >= 0.6 is 15.9 Å². The number of rotatable bonds is 4. The summed E-state index contributed by atoms with van der Waals surface area (Å²) in [7, 11) is 1.64. The number of benzene rings is 2. The lowest BCUT2D eigenvalue weighted by Crippen LogP contribution is -2.24. The Hall–Kier alpha value is -2.40. The fourth-order valence-electron chi connectivity index (χ4n) is 1.68. The predicted octanol–water partition coefficient (Wildman–Crippen LogP) is 3.57. The zero-order chi connectivity index (χ0) is 15.9. The monoisotopic (exact) mass is 359 g/mol. The molecule has 1 amide bonds. The molecule has 0 saturated carbocycles. The van der Waals surface area contributed by atoms with Gasteiger partial charge in [0.05, 0.1) is 0 Å². The first-order chi connectivity index (χ1) is 10.6. The molecule has 0 aliphatic rings. The third kappa shape index (κ3) is 4.56. The first-order valence-corrected chi connectivity index (χ1v) is 7.34. The van der Waals surface area contributed by atoms with Crippen molar-refractivity contribution in [3.8, 4) is 5.75 Å². The highest BCUT2D eigenvalue weighted by molar-refractivity contribution is 9.10. The van der Waals surface area contributed by atoms with Crippen molar-refractivity contribution in [2.45, 2.75) is 0 Å². The minimum Gasteiger partial charge on any atom is -0.423 e. The molecule has 4 nitrogen and oxygen atoms in total. The zero-order valence-corrected chi connectivity index (χ0v) is 13.5. The molecule has 0 heterocycles. The van der Waals surface area contributed by atoms with Crippen LogP contribution in [0.2, 0.25) is 0 Å². The molecule has 2 aromatic carbocycles. The van der Waals surface area contributed by atoms with E-state index in [-0.39, 0.29) is 5.91 Å². The Balaban J connectivity index is 1.94.